The largest absolute Gasteiger partial charge is 0.350 e. The quantitative estimate of drug-likeness (QED) is 0.795. The van der Waals surface area contributed by atoms with Gasteiger partial charge in [-0.1, -0.05) is 13.8 Å². The van der Waals surface area contributed by atoms with Gasteiger partial charge in [0.25, 0.3) is 0 Å². The fraction of sp³-hybridized carbons (Fsp3) is 0.923. The van der Waals surface area contributed by atoms with Crippen LogP contribution in [0.1, 0.15) is 47.0 Å². The van der Waals surface area contributed by atoms with Crippen LogP contribution in [-0.4, -0.2) is 36.0 Å². The van der Waals surface area contributed by atoms with Crippen LogP contribution in [0.3, 0.4) is 0 Å². The Morgan fingerprint density at radius 1 is 1.38 bits per heavy atom. The van der Waals surface area contributed by atoms with E-state index in [4.69, 9.17) is 0 Å². The molecule has 0 aromatic carbocycles. The molecule has 16 heavy (non-hydrogen) atoms. The summed E-state index contributed by atoms with van der Waals surface area (Å²) in [5, 5.41) is 3.08. The summed E-state index contributed by atoms with van der Waals surface area (Å²) in [6.45, 7) is 11.2. The van der Waals surface area contributed by atoms with Gasteiger partial charge in [-0.25, -0.2) is 0 Å². The molecule has 0 aromatic heterocycles. The highest BCUT2D eigenvalue weighted by Gasteiger charge is 2.21. The molecule has 1 fully saturated rings. The number of nitrogens with one attached hydrogen (secondary N) is 1. The molecule has 0 bridgehead atoms. The minimum Gasteiger partial charge on any atom is -0.350 e. The van der Waals surface area contributed by atoms with Crippen LogP contribution in [0.25, 0.3) is 0 Å². The Labute approximate surface area is 99.6 Å². The summed E-state index contributed by atoms with van der Waals surface area (Å²) >= 11 is 0. The van der Waals surface area contributed by atoms with E-state index in [-0.39, 0.29) is 11.4 Å². The molecule has 1 heterocycles. The van der Waals surface area contributed by atoms with Crippen LogP contribution in [0.4, 0.5) is 0 Å². The summed E-state index contributed by atoms with van der Waals surface area (Å²) in [6.07, 6.45) is 3.42. The first kappa shape index (κ1) is 13.5. The van der Waals surface area contributed by atoms with E-state index in [0.29, 0.717) is 6.54 Å². The zero-order valence-corrected chi connectivity index (χ0v) is 11.2. The summed E-state index contributed by atoms with van der Waals surface area (Å²) < 4.78 is 0. The van der Waals surface area contributed by atoms with Crippen molar-refractivity contribution in [3.8, 4) is 0 Å². The molecule has 1 amide bonds. The molecular weight excluding hydrogens is 200 g/mol. The average molecular weight is 226 g/mol. The van der Waals surface area contributed by atoms with Crippen molar-refractivity contribution < 1.29 is 4.79 Å². The van der Waals surface area contributed by atoms with Gasteiger partial charge in [-0.2, -0.15) is 0 Å². The summed E-state index contributed by atoms with van der Waals surface area (Å²) in [4.78, 5) is 14.1. The lowest BCUT2D eigenvalue weighted by Crippen LogP contribution is -2.48. The van der Waals surface area contributed by atoms with Crippen LogP contribution in [-0.2, 0) is 4.79 Å². The third kappa shape index (κ3) is 4.52. The minimum absolute atomic E-state index is 0.0693. The maximum absolute atomic E-state index is 11.8. The van der Waals surface area contributed by atoms with Crippen LogP contribution < -0.4 is 5.32 Å². The molecule has 1 saturated heterocycles. The Kier molecular flexibility index (Phi) is 4.78. The molecule has 3 heteroatoms. The van der Waals surface area contributed by atoms with Crippen LogP contribution in [0.5, 0.6) is 0 Å². The van der Waals surface area contributed by atoms with Crippen molar-refractivity contribution in [3.63, 3.8) is 0 Å². The second kappa shape index (κ2) is 5.67. The molecule has 1 aliphatic rings. The van der Waals surface area contributed by atoms with Crippen molar-refractivity contribution in [3.05, 3.63) is 0 Å². The monoisotopic (exact) mass is 226 g/mol. The Morgan fingerprint density at radius 2 is 1.94 bits per heavy atom. The Balaban J connectivity index is 2.29. The van der Waals surface area contributed by atoms with Gasteiger partial charge in [0.1, 0.15) is 0 Å². The van der Waals surface area contributed by atoms with Crippen LogP contribution in [0.2, 0.25) is 0 Å². The lowest BCUT2D eigenvalue weighted by atomic mass is 9.99. The van der Waals surface area contributed by atoms with Gasteiger partial charge in [0.2, 0.25) is 5.91 Å². The highest BCUT2D eigenvalue weighted by Crippen LogP contribution is 2.15. The number of carbonyl (C=O) groups excluding carboxylic acids is 1. The van der Waals surface area contributed by atoms with E-state index in [2.05, 4.69) is 37.9 Å². The first-order chi connectivity index (χ1) is 7.43. The molecule has 0 aromatic rings. The van der Waals surface area contributed by atoms with E-state index < -0.39 is 0 Å². The predicted octanol–water partition coefficient (Wildman–Crippen LogP) is 2.02. The second-order valence-corrected chi connectivity index (χ2v) is 5.74. The highest BCUT2D eigenvalue weighted by molar-refractivity contribution is 5.78. The number of hydrogen-bond acceptors (Lipinski definition) is 2. The van der Waals surface area contributed by atoms with Gasteiger partial charge in [0.15, 0.2) is 0 Å². The molecule has 0 saturated carbocycles. The van der Waals surface area contributed by atoms with Gasteiger partial charge in [-0.3, -0.25) is 9.69 Å². The lowest BCUT2D eigenvalue weighted by Gasteiger charge is -2.31. The molecule has 0 atom stereocenters. The predicted molar refractivity (Wildman–Crippen MR) is 67.4 cm³/mol. The van der Waals surface area contributed by atoms with E-state index in [9.17, 15) is 4.79 Å². The Morgan fingerprint density at radius 3 is 2.44 bits per heavy atom. The first-order valence-electron chi connectivity index (χ1n) is 6.46. The molecule has 0 aliphatic carbocycles. The summed E-state index contributed by atoms with van der Waals surface area (Å²) in [5.41, 5.74) is -0.0693. The SMILES string of the molecule is CCC(C)(C)NC(=O)CN1CCC(C)CC1. The molecule has 1 rings (SSSR count). The third-order valence-corrected chi connectivity index (χ3v) is 3.61. The van der Waals surface area contributed by atoms with Gasteiger partial charge < -0.3 is 5.32 Å². The highest BCUT2D eigenvalue weighted by atomic mass is 16.2. The number of nitrogens with zero attached hydrogens (tertiary/aromatic N) is 1. The van der Waals surface area contributed by atoms with Crippen molar-refractivity contribution in [2.24, 2.45) is 5.92 Å². The van der Waals surface area contributed by atoms with E-state index in [1.165, 1.54) is 12.8 Å². The molecule has 94 valence electrons. The fourth-order valence-electron chi connectivity index (χ4n) is 1.93. The molecular formula is C13H26N2O. The first-order valence-corrected chi connectivity index (χ1v) is 6.46. The number of amides is 1. The normalized spacial score (nSPS) is 19.8. The van der Waals surface area contributed by atoms with Gasteiger partial charge in [0.05, 0.1) is 6.54 Å². The van der Waals surface area contributed by atoms with Crippen molar-refractivity contribution in [2.45, 2.75) is 52.5 Å². The number of hydrogen-bond donors (Lipinski definition) is 1. The molecule has 1 aliphatic heterocycles. The third-order valence-electron chi connectivity index (χ3n) is 3.61. The second-order valence-electron chi connectivity index (χ2n) is 5.74. The molecule has 0 unspecified atom stereocenters. The number of piperidine rings is 1. The number of carbonyl (C=O) groups is 1. The van der Waals surface area contributed by atoms with Crippen molar-refractivity contribution in [2.75, 3.05) is 19.6 Å². The number of likely N-dealkylation sites (tertiary alicyclic amines) is 1. The van der Waals surface area contributed by atoms with E-state index in [0.717, 1.165) is 25.4 Å². The molecule has 0 spiro atoms. The Bertz CT molecular complexity index is 230. The summed E-state index contributed by atoms with van der Waals surface area (Å²) in [6, 6.07) is 0. The van der Waals surface area contributed by atoms with Gasteiger partial charge in [-0.05, 0) is 52.1 Å². The number of rotatable bonds is 4. The van der Waals surface area contributed by atoms with E-state index in [1.54, 1.807) is 0 Å². The van der Waals surface area contributed by atoms with E-state index in [1.807, 2.05) is 0 Å². The van der Waals surface area contributed by atoms with Gasteiger partial charge in [-0.15, -0.1) is 0 Å². The zero-order valence-electron chi connectivity index (χ0n) is 11.2. The lowest BCUT2D eigenvalue weighted by molar-refractivity contribution is -0.124. The fourth-order valence-corrected chi connectivity index (χ4v) is 1.93. The molecule has 0 radical (unpaired) electrons. The molecule has 1 N–H and O–H groups in total. The van der Waals surface area contributed by atoms with Crippen LogP contribution >= 0.6 is 0 Å². The maximum atomic E-state index is 11.8. The van der Waals surface area contributed by atoms with Gasteiger partial charge >= 0.3 is 0 Å². The van der Waals surface area contributed by atoms with Crippen LogP contribution in [0, 0.1) is 5.92 Å². The van der Waals surface area contributed by atoms with E-state index >= 15 is 0 Å². The zero-order chi connectivity index (χ0) is 12.2. The van der Waals surface area contributed by atoms with Crippen molar-refractivity contribution >= 4 is 5.91 Å². The maximum Gasteiger partial charge on any atom is 0.234 e. The molecule has 3 nitrogen and oxygen atoms in total. The average Bonchev–Trinajstić information content (AvgIpc) is 2.21. The topological polar surface area (TPSA) is 32.3 Å². The summed E-state index contributed by atoms with van der Waals surface area (Å²) in [5.74, 6) is 0.993. The van der Waals surface area contributed by atoms with Crippen LogP contribution in [0.15, 0.2) is 0 Å². The van der Waals surface area contributed by atoms with Crippen molar-refractivity contribution in [1.82, 2.24) is 10.2 Å². The standard InChI is InChI=1S/C13H26N2O/c1-5-13(3,4)14-12(16)10-15-8-6-11(2)7-9-15/h11H,5-10H2,1-4H3,(H,14,16). The smallest absolute Gasteiger partial charge is 0.234 e. The van der Waals surface area contributed by atoms with Crippen molar-refractivity contribution in [1.29, 1.82) is 0 Å². The van der Waals surface area contributed by atoms with Gasteiger partial charge in [0, 0.05) is 5.54 Å². The minimum atomic E-state index is -0.0693. The Hall–Kier alpha value is -0.570. The summed E-state index contributed by atoms with van der Waals surface area (Å²) in [7, 11) is 0.